The van der Waals surface area contributed by atoms with Gasteiger partial charge in [0, 0.05) is 17.3 Å². The average molecular weight is 407 g/mol. The Kier molecular flexibility index (Phi) is 5.14. The number of hydrogen-bond donors (Lipinski definition) is 1. The Hall–Kier alpha value is -3.27. The Morgan fingerprint density at radius 1 is 1.39 bits per heavy atom. The van der Waals surface area contributed by atoms with Crippen LogP contribution in [0.3, 0.4) is 0 Å². The van der Waals surface area contributed by atoms with E-state index in [-0.39, 0.29) is 16.5 Å². The number of carbonyl (C=O) groups excluding carboxylic acids is 1. The Morgan fingerprint density at radius 2 is 2.14 bits per heavy atom. The van der Waals surface area contributed by atoms with Crippen LogP contribution in [0.2, 0.25) is 5.02 Å². The van der Waals surface area contributed by atoms with Crippen molar-refractivity contribution >= 4 is 29.0 Å². The zero-order valence-electron chi connectivity index (χ0n) is 15.0. The van der Waals surface area contributed by atoms with Gasteiger partial charge in [-0.3, -0.25) is 24.3 Å². The van der Waals surface area contributed by atoms with Crippen molar-refractivity contribution in [1.29, 1.82) is 0 Å². The Bertz CT molecular complexity index is 1050. The van der Waals surface area contributed by atoms with Crippen LogP contribution in [0, 0.1) is 15.9 Å². The topological polar surface area (TPSA) is 108 Å². The Labute approximate surface area is 163 Å². The van der Waals surface area contributed by atoms with Crippen LogP contribution < -0.4 is 5.32 Å². The summed E-state index contributed by atoms with van der Waals surface area (Å²) in [6, 6.07) is 5.68. The molecule has 11 heteroatoms. The summed E-state index contributed by atoms with van der Waals surface area (Å²) in [4.78, 5) is 22.8. The largest absolute Gasteiger partial charge is 0.307 e. The van der Waals surface area contributed by atoms with Gasteiger partial charge in [0.2, 0.25) is 0 Å². The predicted molar refractivity (Wildman–Crippen MR) is 99.6 cm³/mol. The smallest absolute Gasteiger partial charge is 0.307 e. The summed E-state index contributed by atoms with van der Waals surface area (Å²) in [5, 5.41) is 21.9. The number of carbonyl (C=O) groups is 1. The molecule has 0 bridgehead atoms. The molecule has 0 atom stereocenters. The lowest BCUT2D eigenvalue weighted by Gasteiger charge is -2.23. The molecule has 146 valence electrons. The van der Waals surface area contributed by atoms with Gasteiger partial charge in [0.25, 0.3) is 5.91 Å². The molecule has 0 spiro atoms. The second kappa shape index (κ2) is 7.39. The van der Waals surface area contributed by atoms with E-state index in [0.29, 0.717) is 12.1 Å². The molecule has 1 amide bonds. The molecule has 0 fully saturated rings. The van der Waals surface area contributed by atoms with Crippen molar-refractivity contribution in [2.45, 2.75) is 25.9 Å². The van der Waals surface area contributed by atoms with E-state index in [0.717, 1.165) is 6.20 Å². The summed E-state index contributed by atoms with van der Waals surface area (Å²) in [7, 11) is 0. The van der Waals surface area contributed by atoms with Gasteiger partial charge in [-0.1, -0.05) is 17.7 Å². The second-order valence-corrected chi connectivity index (χ2v) is 6.95. The van der Waals surface area contributed by atoms with E-state index in [4.69, 9.17) is 11.6 Å². The second-order valence-electron chi connectivity index (χ2n) is 6.55. The molecule has 0 saturated heterocycles. The molecule has 0 aliphatic rings. The van der Waals surface area contributed by atoms with E-state index >= 15 is 0 Å². The van der Waals surface area contributed by atoms with Crippen LogP contribution >= 0.6 is 11.6 Å². The highest BCUT2D eigenvalue weighted by molar-refractivity contribution is 6.31. The quantitative estimate of drug-likeness (QED) is 0.499. The highest BCUT2D eigenvalue weighted by Gasteiger charge is 2.32. The number of nitrogens with zero attached hydrogens (tertiary/aromatic N) is 5. The number of halogens is 2. The van der Waals surface area contributed by atoms with E-state index in [1.54, 1.807) is 36.9 Å². The van der Waals surface area contributed by atoms with Crippen molar-refractivity contribution in [2.24, 2.45) is 0 Å². The number of benzene rings is 1. The molecule has 0 unspecified atom stereocenters. The monoisotopic (exact) mass is 406 g/mol. The van der Waals surface area contributed by atoms with E-state index in [2.05, 4.69) is 15.5 Å². The summed E-state index contributed by atoms with van der Waals surface area (Å²) < 4.78 is 15.9. The summed E-state index contributed by atoms with van der Waals surface area (Å²) in [6.07, 6.45) is 3.91. The van der Waals surface area contributed by atoms with Crippen molar-refractivity contribution in [3.63, 3.8) is 0 Å². The number of aromatic nitrogens is 4. The Morgan fingerprint density at radius 3 is 2.79 bits per heavy atom. The third kappa shape index (κ3) is 4.01. The summed E-state index contributed by atoms with van der Waals surface area (Å²) in [5.41, 5.74) is -0.715. The lowest BCUT2D eigenvalue weighted by atomic mass is 10.1. The third-order valence-electron chi connectivity index (χ3n) is 4.14. The third-order valence-corrected chi connectivity index (χ3v) is 4.49. The molecule has 2 heterocycles. The number of nitrogens with one attached hydrogen (secondary N) is 1. The summed E-state index contributed by atoms with van der Waals surface area (Å²) in [5.74, 6) is -0.586. The fraction of sp³-hybridized carbons (Fsp3) is 0.235. The standard InChI is InChI=1S/C17H16ClFN6O3/c1-17(2,24-10-13(8-20-24)25(27)28)16(26)21-15-5-6-23(22-15)9-11-3-4-12(19)7-14(11)18/h3-8,10H,9H2,1-2H3,(H,21,22,26). The number of anilines is 1. The minimum atomic E-state index is -1.18. The SMILES string of the molecule is CC(C)(C(=O)Nc1ccn(Cc2ccc(F)cc2Cl)n1)n1cc([N+](=O)[O-])cn1. The van der Waals surface area contributed by atoms with Crippen LogP contribution in [-0.2, 0) is 16.9 Å². The van der Waals surface area contributed by atoms with Gasteiger partial charge >= 0.3 is 5.69 Å². The maximum Gasteiger partial charge on any atom is 0.307 e. The predicted octanol–water partition coefficient (Wildman–Crippen LogP) is 3.20. The molecule has 3 aromatic rings. The first-order valence-corrected chi connectivity index (χ1v) is 8.53. The molecule has 0 saturated carbocycles. The maximum atomic E-state index is 13.1. The van der Waals surface area contributed by atoms with Crippen molar-refractivity contribution in [3.8, 4) is 0 Å². The number of hydrogen-bond acceptors (Lipinski definition) is 5. The van der Waals surface area contributed by atoms with Crippen molar-refractivity contribution in [1.82, 2.24) is 19.6 Å². The minimum Gasteiger partial charge on any atom is -0.307 e. The maximum absolute atomic E-state index is 13.1. The van der Waals surface area contributed by atoms with Gasteiger partial charge in [-0.05, 0) is 31.5 Å². The number of rotatable bonds is 6. The molecule has 1 aromatic carbocycles. The first-order valence-electron chi connectivity index (χ1n) is 8.15. The fourth-order valence-electron chi connectivity index (χ4n) is 2.43. The number of amides is 1. The molecular weight excluding hydrogens is 391 g/mol. The van der Waals surface area contributed by atoms with Crippen molar-refractivity contribution < 1.29 is 14.1 Å². The van der Waals surface area contributed by atoms with Crippen molar-refractivity contribution in [3.05, 3.63) is 69.4 Å². The highest BCUT2D eigenvalue weighted by atomic mass is 35.5. The molecule has 9 nitrogen and oxygen atoms in total. The van der Waals surface area contributed by atoms with Crippen molar-refractivity contribution in [2.75, 3.05) is 5.32 Å². The molecule has 3 rings (SSSR count). The van der Waals surface area contributed by atoms with Crippen LogP contribution in [0.25, 0.3) is 0 Å². The molecule has 0 radical (unpaired) electrons. The first kappa shape index (κ1) is 19.5. The van der Waals surface area contributed by atoms with Gasteiger partial charge in [-0.2, -0.15) is 10.2 Å². The van der Waals surface area contributed by atoms with E-state index in [1.165, 1.54) is 23.0 Å². The molecule has 1 N–H and O–H groups in total. The summed E-state index contributed by atoms with van der Waals surface area (Å²) in [6.45, 7) is 3.45. The van der Waals surface area contributed by atoms with Crippen LogP contribution in [0.5, 0.6) is 0 Å². The lowest BCUT2D eigenvalue weighted by Crippen LogP contribution is -2.40. The summed E-state index contributed by atoms with van der Waals surface area (Å²) >= 11 is 6.01. The lowest BCUT2D eigenvalue weighted by molar-refractivity contribution is -0.385. The van der Waals surface area contributed by atoms with Gasteiger partial charge in [0.15, 0.2) is 5.82 Å². The highest BCUT2D eigenvalue weighted by Crippen LogP contribution is 2.21. The van der Waals surface area contributed by atoms with E-state index in [1.807, 2.05) is 0 Å². The number of nitro groups is 1. The molecule has 2 aromatic heterocycles. The van der Waals surface area contributed by atoms with Crippen LogP contribution in [0.15, 0.2) is 42.9 Å². The van der Waals surface area contributed by atoms with Crippen LogP contribution in [0.1, 0.15) is 19.4 Å². The molecule has 0 aliphatic heterocycles. The normalized spacial score (nSPS) is 11.4. The van der Waals surface area contributed by atoms with Gasteiger partial charge in [-0.15, -0.1) is 0 Å². The van der Waals surface area contributed by atoms with Gasteiger partial charge in [0.05, 0.1) is 11.5 Å². The fourth-order valence-corrected chi connectivity index (χ4v) is 2.65. The zero-order valence-corrected chi connectivity index (χ0v) is 15.7. The minimum absolute atomic E-state index is 0.207. The van der Waals surface area contributed by atoms with Crippen LogP contribution in [-0.4, -0.2) is 30.4 Å². The average Bonchev–Trinajstić information content (AvgIpc) is 3.27. The van der Waals surface area contributed by atoms with E-state index < -0.39 is 22.2 Å². The van der Waals surface area contributed by atoms with Gasteiger partial charge < -0.3 is 5.32 Å². The zero-order chi connectivity index (χ0) is 20.5. The molecular formula is C17H16ClFN6O3. The Balaban J connectivity index is 1.71. The van der Waals surface area contributed by atoms with Crippen LogP contribution in [0.4, 0.5) is 15.9 Å². The molecule has 28 heavy (non-hydrogen) atoms. The van der Waals surface area contributed by atoms with E-state index in [9.17, 15) is 19.3 Å². The first-order chi connectivity index (χ1) is 13.2. The van der Waals surface area contributed by atoms with Gasteiger partial charge in [0.1, 0.15) is 23.7 Å². The molecule has 0 aliphatic carbocycles. The van der Waals surface area contributed by atoms with Gasteiger partial charge in [-0.25, -0.2) is 4.39 Å².